The van der Waals surface area contributed by atoms with Crippen LogP contribution in [0, 0.1) is 18.8 Å². The maximum atomic E-state index is 13.2. The van der Waals surface area contributed by atoms with Gasteiger partial charge in [-0.05, 0) is 44.4 Å². The van der Waals surface area contributed by atoms with E-state index < -0.39 is 16.0 Å². The Balaban J connectivity index is 1.58. The maximum absolute atomic E-state index is 13.2. The summed E-state index contributed by atoms with van der Waals surface area (Å²) < 4.78 is 35.2. The van der Waals surface area contributed by atoms with Gasteiger partial charge in [0.25, 0.3) is 0 Å². The predicted octanol–water partition coefficient (Wildman–Crippen LogP) is 3.04. The number of benzene rings is 1. The van der Waals surface area contributed by atoms with Crippen LogP contribution in [0.15, 0.2) is 46.5 Å². The maximum Gasteiger partial charge on any atom is 0.309 e. The molecule has 1 N–H and O–H groups in total. The van der Waals surface area contributed by atoms with E-state index in [0.29, 0.717) is 24.7 Å². The lowest BCUT2D eigenvalue weighted by atomic mass is 9.99. The highest BCUT2D eigenvalue weighted by atomic mass is 32.2. The first-order valence-electron chi connectivity index (χ1n) is 11.2. The summed E-state index contributed by atoms with van der Waals surface area (Å²) in [5.74, 6) is -0.601. The van der Waals surface area contributed by atoms with Crippen molar-refractivity contribution in [3.8, 4) is 5.88 Å². The lowest BCUT2D eigenvalue weighted by Gasteiger charge is -2.16. The van der Waals surface area contributed by atoms with E-state index in [1.807, 2.05) is 52.1 Å². The molecule has 0 radical (unpaired) electrons. The van der Waals surface area contributed by atoms with Crippen molar-refractivity contribution in [2.24, 2.45) is 16.9 Å². The molecule has 2 aliphatic heterocycles. The van der Waals surface area contributed by atoms with Crippen molar-refractivity contribution in [2.75, 3.05) is 13.1 Å². The van der Waals surface area contributed by atoms with Gasteiger partial charge in [-0.15, -0.1) is 0 Å². The molecule has 180 valence electrons. The van der Waals surface area contributed by atoms with Gasteiger partial charge in [-0.2, -0.15) is 4.31 Å². The fraction of sp³-hybridized carbons (Fsp3) is 0.417. The smallest absolute Gasteiger partial charge is 0.309 e. The van der Waals surface area contributed by atoms with E-state index in [0.717, 1.165) is 16.8 Å². The van der Waals surface area contributed by atoms with Crippen LogP contribution in [0.2, 0.25) is 0 Å². The number of ether oxygens (including phenoxy) is 1. The Bertz CT molecular complexity index is 1270. The monoisotopic (exact) mass is 485 g/mol. The molecule has 1 aromatic heterocycles. The Kier molecular flexibility index (Phi) is 6.55. The van der Waals surface area contributed by atoms with Gasteiger partial charge in [0.05, 0.1) is 30.2 Å². The van der Waals surface area contributed by atoms with E-state index in [4.69, 9.17) is 4.74 Å². The molecule has 2 aromatic rings. The van der Waals surface area contributed by atoms with Crippen molar-refractivity contribution in [1.29, 1.82) is 0 Å². The molecule has 3 heterocycles. The molecule has 0 saturated carbocycles. The summed E-state index contributed by atoms with van der Waals surface area (Å²) in [6.45, 7) is 8.39. The number of pyridine rings is 1. The third-order valence-electron chi connectivity index (χ3n) is 5.93. The topological polar surface area (TPSA) is 112 Å². The minimum atomic E-state index is -3.71. The largest absolute Gasteiger partial charge is 0.481 e. The molecule has 0 spiro atoms. The van der Waals surface area contributed by atoms with Gasteiger partial charge < -0.3 is 9.84 Å². The molecular formula is C24H29N4O5S+. The minimum Gasteiger partial charge on any atom is -0.481 e. The number of carboxylic acids is 1. The normalized spacial score (nSPS) is 21.7. The Hall–Kier alpha value is -3.11. The zero-order valence-corrected chi connectivity index (χ0v) is 20.5. The highest BCUT2D eigenvalue weighted by Gasteiger charge is 2.40. The van der Waals surface area contributed by atoms with Crippen LogP contribution in [0.25, 0.3) is 0 Å². The summed E-state index contributed by atoms with van der Waals surface area (Å²) in [6, 6.07) is 8.86. The van der Waals surface area contributed by atoms with E-state index >= 15 is 0 Å². The molecule has 0 bridgehead atoms. The molecule has 2 atom stereocenters. The Labute approximate surface area is 199 Å². The van der Waals surface area contributed by atoms with Gasteiger partial charge in [0.15, 0.2) is 6.21 Å². The lowest BCUT2D eigenvalue weighted by molar-refractivity contribution is -0.438. The first-order chi connectivity index (χ1) is 16.0. The number of fused-ring (bicyclic) bond motifs is 1. The quantitative estimate of drug-likeness (QED) is 0.604. The third kappa shape index (κ3) is 4.88. The number of nitrogens with zero attached hydrogens (tertiary/aromatic N) is 4. The number of hydrazone groups is 1. The Morgan fingerprint density at radius 1 is 1.29 bits per heavy atom. The second kappa shape index (κ2) is 9.27. The van der Waals surface area contributed by atoms with Crippen LogP contribution >= 0.6 is 0 Å². The average Bonchev–Trinajstić information content (AvgIpc) is 3.28. The summed E-state index contributed by atoms with van der Waals surface area (Å²) in [5.41, 5.74) is 3.12. The molecule has 9 nitrogen and oxygen atoms in total. The van der Waals surface area contributed by atoms with Crippen LogP contribution in [-0.4, -0.2) is 64.6 Å². The standard InChI is InChI=1S/C24H28N4O5S/c1-15(2)33-23-8-6-19(11-25-23)34(31,32)27-12-17(4)18(13-27)14-28-22-9-16(3)5-7-20(22)21(26-28)10-24(29)30/h5-9,11,14-15,17-18H,10,12-13H2,1-4H3/p+1/b28-14-/t17-,18?/m1/s1. The highest BCUT2D eigenvalue weighted by Crippen LogP contribution is 2.32. The van der Waals surface area contributed by atoms with E-state index in [1.165, 1.54) is 16.6 Å². The fourth-order valence-electron chi connectivity index (χ4n) is 4.20. The van der Waals surface area contributed by atoms with Gasteiger partial charge in [-0.25, -0.2) is 13.4 Å². The molecule has 2 aliphatic rings. The van der Waals surface area contributed by atoms with Crippen molar-refractivity contribution in [3.63, 3.8) is 0 Å². The second-order valence-electron chi connectivity index (χ2n) is 9.09. The van der Waals surface area contributed by atoms with E-state index in [9.17, 15) is 18.3 Å². The molecule has 34 heavy (non-hydrogen) atoms. The molecule has 1 aromatic carbocycles. The SMILES string of the molecule is Cc1ccc2c(c1)/[N+](=C/C1CN(S(=O)(=O)c3ccc(OC(C)C)nc3)C[C@H]1C)N=C2CC(=O)O. The number of aryl methyl sites for hydroxylation is 1. The number of aromatic nitrogens is 1. The summed E-state index contributed by atoms with van der Waals surface area (Å²) in [4.78, 5) is 15.6. The number of rotatable bonds is 7. The van der Waals surface area contributed by atoms with E-state index in [-0.39, 0.29) is 29.3 Å². The van der Waals surface area contributed by atoms with Gasteiger partial charge in [-0.1, -0.05) is 17.7 Å². The lowest BCUT2D eigenvalue weighted by Crippen LogP contribution is -2.29. The number of carboxylic acid groups (broad SMARTS) is 1. The van der Waals surface area contributed by atoms with Gasteiger partial charge >= 0.3 is 5.97 Å². The van der Waals surface area contributed by atoms with Crippen LogP contribution in [0.5, 0.6) is 5.88 Å². The molecule has 10 heteroatoms. The molecular weight excluding hydrogens is 456 g/mol. The van der Waals surface area contributed by atoms with Crippen LogP contribution in [0.1, 0.15) is 38.3 Å². The summed E-state index contributed by atoms with van der Waals surface area (Å²) in [6.07, 6.45) is 3.01. The van der Waals surface area contributed by atoms with Crippen molar-refractivity contribution in [2.45, 2.75) is 45.1 Å². The number of sulfonamides is 1. The Morgan fingerprint density at radius 3 is 2.71 bits per heavy atom. The number of hydrogen-bond donors (Lipinski definition) is 1. The Morgan fingerprint density at radius 2 is 2.06 bits per heavy atom. The fourth-order valence-corrected chi connectivity index (χ4v) is 5.72. The molecule has 1 saturated heterocycles. The highest BCUT2D eigenvalue weighted by molar-refractivity contribution is 7.89. The van der Waals surface area contributed by atoms with Crippen LogP contribution in [-0.2, 0) is 14.8 Å². The first-order valence-corrected chi connectivity index (χ1v) is 12.7. The van der Waals surface area contributed by atoms with Crippen molar-refractivity contribution >= 4 is 33.6 Å². The predicted molar refractivity (Wildman–Crippen MR) is 127 cm³/mol. The van der Waals surface area contributed by atoms with Crippen molar-refractivity contribution in [1.82, 2.24) is 9.29 Å². The zero-order valence-electron chi connectivity index (χ0n) is 19.7. The zero-order chi connectivity index (χ0) is 24.6. The third-order valence-corrected chi connectivity index (χ3v) is 7.75. The van der Waals surface area contributed by atoms with Gasteiger partial charge in [0.2, 0.25) is 21.6 Å². The van der Waals surface area contributed by atoms with Crippen LogP contribution < -0.4 is 4.74 Å². The number of hydrogen-bond acceptors (Lipinski definition) is 6. The van der Waals surface area contributed by atoms with Crippen LogP contribution in [0.3, 0.4) is 0 Å². The van der Waals surface area contributed by atoms with Crippen molar-refractivity contribution in [3.05, 3.63) is 47.7 Å². The summed E-state index contributed by atoms with van der Waals surface area (Å²) in [7, 11) is -3.71. The van der Waals surface area contributed by atoms with Gasteiger partial charge in [0, 0.05) is 30.3 Å². The van der Waals surface area contributed by atoms with Gasteiger partial charge in [0.1, 0.15) is 10.6 Å². The summed E-state index contributed by atoms with van der Waals surface area (Å²) in [5, 5.41) is 13.8. The van der Waals surface area contributed by atoms with Gasteiger partial charge in [-0.3, -0.25) is 4.79 Å². The molecule has 4 rings (SSSR count). The van der Waals surface area contributed by atoms with Crippen molar-refractivity contribution < 1.29 is 27.7 Å². The average molecular weight is 486 g/mol. The summed E-state index contributed by atoms with van der Waals surface area (Å²) >= 11 is 0. The first kappa shape index (κ1) is 24.0. The molecule has 0 aliphatic carbocycles. The minimum absolute atomic E-state index is 0.0520. The second-order valence-corrected chi connectivity index (χ2v) is 11.0. The van der Waals surface area contributed by atoms with E-state index in [1.54, 1.807) is 10.8 Å². The molecule has 0 amide bonds. The van der Waals surface area contributed by atoms with Crippen LogP contribution in [0.4, 0.5) is 5.69 Å². The van der Waals surface area contributed by atoms with E-state index in [2.05, 4.69) is 10.1 Å². The molecule has 1 fully saturated rings. The number of aliphatic carboxylic acids is 1. The number of carbonyl (C=O) groups is 1. The molecule has 1 unspecified atom stereocenters.